The van der Waals surface area contributed by atoms with E-state index in [1.165, 1.54) is 22.2 Å². The Morgan fingerprint density at radius 1 is 1.31 bits per heavy atom. The monoisotopic (exact) mass is 392 g/mol. The van der Waals surface area contributed by atoms with Crippen LogP contribution in [0.15, 0.2) is 35.4 Å². The number of rotatable bonds is 6. The summed E-state index contributed by atoms with van der Waals surface area (Å²) < 4.78 is 7.18. The average Bonchev–Trinajstić information content (AvgIpc) is 2.91. The van der Waals surface area contributed by atoms with Crippen LogP contribution >= 0.6 is 22.9 Å². The summed E-state index contributed by atoms with van der Waals surface area (Å²) in [5.74, 6) is 0. The molecule has 2 heterocycles. The van der Waals surface area contributed by atoms with Gasteiger partial charge in [-0.2, -0.15) is 0 Å². The Balaban J connectivity index is 1.66. The number of nitrogens with zero attached hydrogens (tertiary/aromatic N) is 2. The molecule has 0 amide bonds. The van der Waals surface area contributed by atoms with E-state index in [9.17, 15) is 9.90 Å². The zero-order valence-electron chi connectivity index (χ0n) is 14.9. The zero-order chi connectivity index (χ0) is 18.8. The molecule has 1 aromatic carbocycles. The Bertz CT molecular complexity index is 965. The number of aliphatic hydroxyl groups is 1. The van der Waals surface area contributed by atoms with E-state index in [4.69, 9.17) is 16.3 Å². The van der Waals surface area contributed by atoms with Gasteiger partial charge in [-0.15, -0.1) is 11.3 Å². The molecule has 0 spiro atoms. The summed E-state index contributed by atoms with van der Waals surface area (Å²) in [5, 5.41) is 11.6. The average molecular weight is 393 g/mol. The van der Waals surface area contributed by atoms with E-state index in [-0.39, 0.29) is 24.8 Å². The van der Waals surface area contributed by atoms with Crippen molar-refractivity contribution in [3.05, 3.63) is 62.0 Å². The standard InChI is InChI=1S/C19H21ClN2O3S/c1-11-13(3)26-18-17(11)19(24)22(10-21-18)8-16(23)9-25-12(2)14-4-6-15(20)7-5-14/h4-7,10,12,16,23H,8-9H2,1-3H3. The van der Waals surface area contributed by atoms with Gasteiger partial charge in [-0.05, 0) is 44.0 Å². The minimum Gasteiger partial charge on any atom is -0.389 e. The van der Waals surface area contributed by atoms with Gasteiger partial charge in [0.2, 0.25) is 0 Å². The third-order valence-corrected chi connectivity index (χ3v) is 5.81. The fourth-order valence-electron chi connectivity index (χ4n) is 2.77. The Morgan fingerprint density at radius 2 is 2.00 bits per heavy atom. The van der Waals surface area contributed by atoms with Crippen LogP contribution in [-0.4, -0.2) is 27.4 Å². The van der Waals surface area contributed by atoms with E-state index >= 15 is 0 Å². The van der Waals surface area contributed by atoms with Gasteiger partial charge < -0.3 is 9.84 Å². The Labute approximate surface area is 160 Å². The maximum Gasteiger partial charge on any atom is 0.262 e. The Kier molecular flexibility index (Phi) is 5.77. The number of halogens is 1. The van der Waals surface area contributed by atoms with Crippen molar-refractivity contribution in [3.8, 4) is 0 Å². The van der Waals surface area contributed by atoms with E-state index in [1.54, 1.807) is 12.1 Å². The molecule has 2 unspecified atom stereocenters. The highest BCUT2D eigenvalue weighted by atomic mass is 35.5. The fraction of sp³-hybridized carbons (Fsp3) is 0.368. The maximum atomic E-state index is 12.7. The topological polar surface area (TPSA) is 64.3 Å². The zero-order valence-corrected chi connectivity index (χ0v) is 16.5. The summed E-state index contributed by atoms with van der Waals surface area (Å²) in [5.41, 5.74) is 1.81. The highest BCUT2D eigenvalue weighted by molar-refractivity contribution is 7.18. The first kappa shape index (κ1) is 19.0. The predicted octanol–water partition coefficient (Wildman–Crippen LogP) is 3.87. The molecule has 0 bridgehead atoms. The minimum absolute atomic E-state index is 0.121. The van der Waals surface area contributed by atoms with Crippen molar-refractivity contribution in [3.63, 3.8) is 0 Å². The molecule has 2 aromatic heterocycles. The van der Waals surface area contributed by atoms with Gasteiger partial charge in [0, 0.05) is 9.90 Å². The van der Waals surface area contributed by atoms with Gasteiger partial charge in [0.1, 0.15) is 4.83 Å². The second-order valence-corrected chi connectivity index (χ2v) is 7.99. The lowest BCUT2D eigenvalue weighted by Crippen LogP contribution is -2.29. The number of hydrogen-bond acceptors (Lipinski definition) is 5. The van der Waals surface area contributed by atoms with Crippen molar-refractivity contribution in [1.29, 1.82) is 0 Å². The van der Waals surface area contributed by atoms with Gasteiger partial charge in [0.15, 0.2) is 0 Å². The van der Waals surface area contributed by atoms with Crippen LogP contribution < -0.4 is 5.56 Å². The number of aliphatic hydroxyl groups excluding tert-OH is 1. The summed E-state index contributed by atoms with van der Waals surface area (Å²) in [4.78, 5) is 18.8. The molecule has 3 rings (SSSR count). The first-order chi connectivity index (χ1) is 12.4. The molecule has 0 saturated heterocycles. The third kappa shape index (κ3) is 3.99. The smallest absolute Gasteiger partial charge is 0.262 e. The SMILES string of the molecule is Cc1sc2ncn(CC(O)COC(C)c3ccc(Cl)cc3)c(=O)c2c1C. The summed E-state index contributed by atoms with van der Waals surface area (Å²) in [6.07, 6.45) is 0.508. The van der Waals surface area contributed by atoms with Gasteiger partial charge in [-0.3, -0.25) is 9.36 Å². The molecule has 3 aromatic rings. The molecule has 7 heteroatoms. The number of aromatic nitrogens is 2. The van der Waals surface area contributed by atoms with Gasteiger partial charge >= 0.3 is 0 Å². The van der Waals surface area contributed by atoms with Crippen LogP contribution in [0.1, 0.15) is 29.0 Å². The number of ether oxygens (including phenoxy) is 1. The Hall–Kier alpha value is -1.73. The summed E-state index contributed by atoms with van der Waals surface area (Å²) in [7, 11) is 0. The first-order valence-electron chi connectivity index (χ1n) is 8.37. The third-order valence-electron chi connectivity index (χ3n) is 4.44. The van der Waals surface area contributed by atoms with Gasteiger partial charge in [0.25, 0.3) is 5.56 Å². The van der Waals surface area contributed by atoms with Crippen LogP contribution in [-0.2, 0) is 11.3 Å². The quantitative estimate of drug-likeness (QED) is 0.691. The molecule has 0 aliphatic heterocycles. The molecule has 0 aliphatic carbocycles. The van der Waals surface area contributed by atoms with Crippen LogP contribution in [0.2, 0.25) is 5.02 Å². The van der Waals surface area contributed by atoms with Crippen molar-refractivity contribution in [2.24, 2.45) is 0 Å². The van der Waals surface area contributed by atoms with Crippen molar-refractivity contribution >= 4 is 33.2 Å². The van der Waals surface area contributed by atoms with E-state index in [1.807, 2.05) is 32.9 Å². The maximum absolute atomic E-state index is 12.7. The molecule has 138 valence electrons. The lowest BCUT2D eigenvalue weighted by molar-refractivity contribution is -0.00910. The molecule has 2 atom stereocenters. The summed E-state index contributed by atoms with van der Waals surface area (Å²) in [6.45, 7) is 6.08. The second kappa shape index (κ2) is 7.88. The molecule has 0 radical (unpaired) electrons. The molecular formula is C19H21ClN2O3S. The molecular weight excluding hydrogens is 372 g/mol. The lowest BCUT2D eigenvalue weighted by Gasteiger charge is -2.17. The van der Waals surface area contributed by atoms with E-state index in [0.717, 1.165) is 20.8 Å². The van der Waals surface area contributed by atoms with E-state index in [0.29, 0.717) is 10.4 Å². The van der Waals surface area contributed by atoms with Crippen molar-refractivity contribution in [2.45, 2.75) is 39.5 Å². The van der Waals surface area contributed by atoms with E-state index in [2.05, 4.69) is 4.98 Å². The first-order valence-corrected chi connectivity index (χ1v) is 9.56. The lowest BCUT2D eigenvalue weighted by atomic mass is 10.1. The molecule has 0 aliphatic rings. The molecule has 0 saturated carbocycles. The fourth-order valence-corrected chi connectivity index (χ4v) is 3.88. The number of thiophene rings is 1. The largest absolute Gasteiger partial charge is 0.389 e. The van der Waals surface area contributed by atoms with Crippen molar-refractivity contribution in [1.82, 2.24) is 9.55 Å². The second-order valence-electron chi connectivity index (χ2n) is 6.35. The highest BCUT2D eigenvalue weighted by Crippen LogP contribution is 2.25. The van der Waals surface area contributed by atoms with Crippen molar-refractivity contribution < 1.29 is 9.84 Å². The van der Waals surface area contributed by atoms with E-state index < -0.39 is 6.10 Å². The Morgan fingerprint density at radius 3 is 2.69 bits per heavy atom. The van der Waals surface area contributed by atoms with Gasteiger partial charge in [-0.1, -0.05) is 23.7 Å². The van der Waals surface area contributed by atoms with Crippen LogP contribution in [0, 0.1) is 13.8 Å². The number of benzene rings is 1. The normalized spacial score (nSPS) is 13.9. The van der Waals surface area contributed by atoms with Crippen LogP contribution in [0.3, 0.4) is 0 Å². The number of aryl methyl sites for hydroxylation is 2. The van der Waals surface area contributed by atoms with Gasteiger partial charge in [0.05, 0.1) is 37.1 Å². The summed E-state index contributed by atoms with van der Waals surface area (Å²) >= 11 is 7.40. The number of fused-ring (bicyclic) bond motifs is 1. The van der Waals surface area contributed by atoms with Crippen molar-refractivity contribution in [2.75, 3.05) is 6.61 Å². The van der Waals surface area contributed by atoms with Crippen LogP contribution in [0.25, 0.3) is 10.2 Å². The molecule has 26 heavy (non-hydrogen) atoms. The van der Waals surface area contributed by atoms with Gasteiger partial charge in [-0.25, -0.2) is 4.98 Å². The van der Waals surface area contributed by atoms with Crippen LogP contribution in [0.4, 0.5) is 0 Å². The van der Waals surface area contributed by atoms with Crippen LogP contribution in [0.5, 0.6) is 0 Å². The highest BCUT2D eigenvalue weighted by Gasteiger charge is 2.15. The predicted molar refractivity (Wildman–Crippen MR) is 105 cm³/mol. The molecule has 1 N–H and O–H groups in total. The summed E-state index contributed by atoms with van der Waals surface area (Å²) in [6, 6.07) is 7.39. The molecule has 0 fully saturated rings. The molecule has 5 nitrogen and oxygen atoms in total. The number of hydrogen-bond donors (Lipinski definition) is 1. The minimum atomic E-state index is -0.804.